The Labute approximate surface area is 108 Å². The molecule has 1 heterocycles. The molecule has 5 heteroatoms. The Morgan fingerprint density at radius 1 is 1.50 bits per heavy atom. The first-order chi connectivity index (χ1) is 8.76. The first kappa shape index (κ1) is 13.1. The summed E-state index contributed by atoms with van der Waals surface area (Å²) in [5.74, 6) is 1.64. The lowest BCUT2D eigenvalue weighted by Gasteiger charge is -2.24. The van der Waals surface area contributed by atoms with E-state index < -0.39 is 0 Å². The van der Waals surface area contributed by atoms with Gasteiger partial charge in [-0.1, -0.05) is 6.92 Å². The predicted molar refractivity (Wildman–Crippen MR) is 73.0 cm³/mol. The Balaban J connectivity index is 2.17. The Hall–Kier alpha value is -1.36. The molecular weight excluding hydrogens is 228 g/mol. The number of hydrogen-bond donors (Lipinski definition) is 2. The topological polar surface area (TPSA) is 61.3 Å². The number of aliphatic hydroxyl groups is 1. The molecule has 1 fully saturated rings. The first-order valence-electron chi connectivity index (χ1n) is 6.71. The third kappa shape index (κ3) is 3.10. The first-order valence-corrected chi connectivity index (χ1v) is 6.71. The maximum Gasteiger partial charge on any atom is 0.224 e. The van der Waals surface area contributed by atoms with Crippen LogP contribution in [0.2, 0.25) is 0 Å². The molecule has 0 atom stereocenters. The summed E-state index contributed by atoms with van der Waals surface area (Å²) in [6, 6.07) is 0.546. The van der Waals surface area contributed by atoms with Crippen LogP contribution in [0.1, 0.15) is 31.7 Å². The molecule has 1 aliphatic rings. The molecule has 2 N–H and O–H groups in total. The van der Waals surface area contributed by atoms with E-state index in [1.54, 1.807) is 0 Å². The second-order valence-electron chi connectivity index (χ2n) is 4.78. The molecule has 2 rings (SSSR count). The zero-order valence-electron chi connectivity index (χ0n) is 11.2. The Morgan fingerprint density at radius 3 is 2.89 bits per heavy atom. The van der Waals surface area contributed by atoms with E-state index in [9.17, 15) is 5.11 Å². The standard InChI is InChI=1S/C13H22N4O/c1-3-6-14-13-15-9-10(2)12(16-13)17(7-8-18)11-4-5-11/h9,11,18H,3-8H2,1-2H3,(H,14,15,16). The highest BCUT2D eigenvalue weighted by Crippen LogP contribution is 2.32. The van der Waals surface area contributed by atoms with Gasteiger partial charge in [0.25, 0.3) is 0 Å². The Bertz CT molecular complexity index is 393. The quantitative estimate of drug-likeness (QED) is 0.769. The summed E-state index contributed by atoms with van der Waals surface area (Å²) >= 11 is 0. The summed E-state index contributed by atoms with van der Waals surface area (Å²) < 4.78 is 0. The highest BCUT2D eigenvalue weighted by Gasteiger charge is 2.30. The third-order valence-corrected chi connectivity index (χ3v) is 3.08. The van der Waals surface area contributed by atoms with Crippen molar-refractivity contribution in [3.8, 4) is 0 Å². The average molecular weight is 250 g/mol. The van der Waals surface area contributed by atoms with Crippen molar-refractivity contribution in [2.75, 3.05) is 29.9 Å². The number of aliphatic hydroxyl groups excluding tert-OH is 1. The minimum Gasteiger partial charge on any atom is -0.395 e. The number of aromatic nitrogens is 2. The molecule has 5 nitrogen and oxygen atoms in total. The lowest BCUT2D eigenvalue weighted by molar-refractivity contribution is 0.301. The van der Waals surface area contributed by atoms with Gasteiger partial charge in [0.15, 0.2) is 0 Å². The van der Waals surface area contributed by atoms with Gasteiger partial charge in [-0.15, -0.1) is 0 Å². The molecule has 0 amide bonds. The van der Waals surface area contributed by atoms with Crippen molar-refractivity contribution in [3.63, 3.8) is 0 Å². The van der Waals surface area contributed by atoms with Gasteiger partial charge in [-0.2, -0.15) is 4.98 Å². The highest BCUT2D eigenvalue weighted by atomic mass is 16.3. The SMILES string of the molecule is CCCNc1ncc(C)c(N(CCO)C2CC2)n1. The third-order valence-electron chi connectivity index (χ3n) is 3.08. The molecule has 1 aromatic heterocycles. The van der Waals surface area contributed by atoms with E-state index in [0.717, 1.165) is 24.3 Å². The molecule has 1 aromatic rings. The number of anilines is 2. The molecule has 0 bridgehead atoms. The smallest absolute Gasteiger partial charge is 0.224 e. The zero-order chi connectivity index (χ0) is 13.0. The summed E-state index contributed by atoms with van der Waals surface area (Å²) in [6.45, 7) is 5.83. The van der Waals surface area contributed by atoms with E-state index in [-0.39, 0.29) is 6.61 Å². The van der Waals surface area contributed by atoms with Crippen molar-refractivity contribution in [1.29, 1.82) is 0 Å². The van der Waals surface area contributed by atoms with Crippen LogP contribution in [0, 0.1) is 6.92 Å². The molecule has 0 radical (unpaired) electrons. The molecule has 1 aliphatic carbocycles. The molecule has 0 saturated heterocycles. The monoisotopic (exact) mass is 250 g/mol. The fourth-order valence-corrected chi connectivity index (χ4v) is 2.00. The lowest BCUT2D eigenvalue weighted by atomic mass is 10.3. The maximum atomic E-state index is 9.18. The van der Waals surface area contributed by atoms with E-state index in [0.29, 0.717) is 18.5 Å². The van der Waals surface area contributed by atoms with Crippen molar-refractivity contribution in [1.82, 2.24) is 9.97 Å². The van der Waals surface area contributed by atoms with Crippen LogP contribution in [0.4, 0.5) is 11.8 Å². The molecule has 0 spiro atoms. The molecule has 0 aromatic carbocycles. The Morgan fingerprint density at radius 2 is 2.28 bits per heavy atom. The molecule has 0 aliphatic heterocycles. The van der Waals surface area contributed by atoms with E-state index in [1.165, 1.54) is 12.8 Å². The second kappa shape index (κ2) is 6.00. The van der Waals surface area contributed by atoms with Crippen molar-refractivity contribution in [2.45, 2.75) is 39.2 Å². The molecule has 1 saturated carbocycles. The number of nitrogens with one attached hydrogen (secondary N) is 1. The van der Waals surface area contributed by atoms with E-state index >= 15 is 0 Å². The summed E-state index contributed by atoms with van der Waals surface area (Å²) in [7, 11) is 0. The number of aryl methyl sites for hydroxylation is 1. The van der Waals surface area contributed by atoms with Crippen LogP contribution in [0.5, 0.6) is 0 Å². The van der Waals surface area contributed by atoms with Gasteiger partial charge in [-0.05, 0) is 26.2 Å². The fraction of sp³-hybridized carbons (Fsp3) is 0.692. The van der Waals surface area contributed by atoms with Crippen LogP contribution >= 0.6 is 0 Å². The van der Waals surface area contributed by atoms with Crippen molar-refractivity contribution in [2.24, 2.45) is 0 Å². The lowest BCUT2D eigenvalue weighted by Crippen LogP contribution is -2.30. The number of hydrogen-bond acceptors (Lipinski definition) is 5. The van der Waals surface area contributed by atoms with Gasteiger partial charge in [0, 0.05) is 30.9 Å². The summed E-state index contributed by atoms with van der Waals surface area (Å²) in [4.78, 5) is 11.1. The second-order valence-corrected chi connectivity index (χ2v) is 4.78. The van der Waals surface area contributed by atoms with Gasteiger partial charge in [0.05, 0.1) is 6.61 Å². The molecule has 0 unspecified atom stereocenters. The van der Waals surface area contributed by atoms with Crippen molar-refractivity contribution in [3.05, 3.63) is 11.8 Å². The zero-order valence-corrected chi connectivity index (χ0v) is 11.2. The molecule has 100 valence electrons. The van der Waals surface area contributed by atoms with E-state index in [4.69, 9.17) is 0 Å². The van der Waals surface area contributed by atoms with E-state index in [1.807, 2.05) is 13.1 Å². The van der Waals surface area contributed by atoms with Gasteiger partial charge in [0.2, 0.25) is 5.95 Å². The molecular formula is C13H22N4O. The minimum absolute atomic E-state index is 0.164. The van der Waals surface area contributed by atoms with Crippen molar-refractivity contribution >= 4 is 11.8 Å². The van der Waals surface area contributed by atoms with Crippen LogP contribution < -0.4 is 10.2 Å². The number of rotatable bonds is 7. The van der Waals surface area contributed by atoms with Gasteiger partial charge in [-0.25, -0.2) is 4.98 Å². The summed E-state index contributed by atoms with van der Waals surface area (Å²) in [5.41, 5.74) is 1.07. The van der Waals surface area contributed by atoms with Gasteiger partial charge in [-0.3, -0.25) is 0 Å². The number of nitrogens with zero attached hydrogens (tertiary/aromatic N) is 3. The van der Waals surface area contributed by atoms with Crippen LogP contribution in [-0.2, 0) is 0 Å². The van der Waals surface area contributed by atoms with Crippen LogP contribution in [0.3, 0.4) is 0 Å². The highest BCUT2D eigenvalue weighted by molar-refractivity contribution is 5.50. The Kier molecular flexibility index (Phi) is 4.36. The maximum absolute atomic E-state index is 9.18. The van der Waals surface area contributed by atoms with Crippen LogP contribution in [0.15, 0.2) is 6.20 Å². The minimum atomic E-state index is 0.164. The van der Waals surface area contributed by atoms with Gasteiger partial charge >= 0.3 is 0 Å². The van der Waals surface area contributed by atoms with Gasteiger partial charge in [0.1, 0.15) is 5.82 Å². The van der Waals surface area contributed by atoms with Crippen molar-refractivity contribution < 1.29 is 5.11 Å². The van der Waals surface area contributed by atoms with Crippen LogP contribution in [-0.4, -0.2) is 40.8 Å². The van der Waals surface area contributed by atoms with Crippen LogP contribution in [0.25, 0.3) is 0 Å². The van der Waals surface area contributed by atoms with Gasteiger partial charge < -0.3 is 15.3 Å². The predicted octanol–water partition coefficient (Wildman–Crippen LogP) is 1.57. The van der Waals surface area contributed by atoms with E-state index in [2.05, 4.69) is 27.1 Å². The summed E-state index contributed by atoms with van der Waals surface area (Å²) in [6.07, 6.45) is 5.30. The summed E-state index contributed by atoms with van der Waals surface area (Å²) in [5, 5.41) is 12.4. The largest absolute Gasteiger partial charge is 0.395 e. The average Bonchev–Trinajstić information content (AvgIpc) is 3.20. The normalized spacial score (nSPS) is 14.6. The molecule has 18 heavy (non-hydrogen) atoms. The fourth-order valence-electron chi connectivity index (χ4n) is 2.00.